The van der Waals surface area contributed by atoms with Gasteiger partial charge in [0.2, 0.25) is 0 Å². The Morgan fingerprint density at radius 1 is 1.60 bits per heavy atom. The maximum absolute atomic E-state index is 10.2. The molecule has 1 aromatic rings. The van der Waals surface area contributed by atoms with Crippen molar-refractivity contribution in [2.45, 2.75) is 32.2 Å². The minimum absolute atomic E-state index is 0.185. The van der Waals surface area contributed by atoms with Crippen molar-refractivity contribution in [3.63, 3.8) is 0 Å². The number of nitrogens with one attached hydrogen (secondary N) is 1. The normalized spacial score (nSPS) is 12.6. The zero-order valence-electron chi connectivity index (χ0n) is 8.90. The van der Waals surface area contributed by atoms with Gasteiger partial charge < -0.3 is 14.8 Å². The molecule has 0 aliphatic rings. The lowest BCUT2D eigenvalue weighted by Crippen LogP contribution is -2.19. The van der Waals surface area contributed by atoms with E-state index in [4.69, 9.17) is 9.52 Å². The molecule has 0 amide bonds. The van der Waals surface area contributed by atoms with E-state index in [0.29, 0.717) is 6.42 Å². The highest BCUT2D eigenvalue weighted by Crippen LogP contribution is 2.11. The van der Waals surface area contributed by atoms with E-state index in [1.807, 2.05) is 19.1 Å². The molecule has 0 saturated heterocycles. The van der Waals surface area contributed by atoms with E-state index in [9.17, 15) is 4.79 Å². The minimum Gasteiger partial charge on any atom is -0.481 e. The van der Waals surface area contributed by atoms with Crippen molar-refractivity contribution >= 4 is 5.97 Å². The van der Waals surface area contributed by atoms with Gasteiger partial charge in [-0.3, -0.25) is 4.79 Å². The van der Waals surface area contributed by atoms with Crippen molar-refractivity contribution in [1.29, 1.82) is 0 Å². The molecule has 1 atom stereocenters. The summed E-state index contributed by atoms with van der Waals surface area (Å²) in [5, 5.41) is 11.7. The third-order valence-electron chi connectivity index (χ3n) is 2.24. The number of carbonyl (C=O) groups is 1. The van der Waals surface area contributed by atoms with E-state index in [1.54, 1.807) is 6.26 Å². The molecule has 0 spiro atoms. The predicted octanol–water partition coefficient (Wildman–Crippen LogP) is 2.19. The Labute approximate surface area is 89.3 Å². The Bertz CT molecular complexity index is 282. The highest BCUT2D eigenvalue weighted by atomic mass is 16.4. The molecule has 84 valence electrons. The van der Waals surface area contributed by atoms with Crippen LogP contribution in [0.15, 0.2) is 22.8 Å². The fraction of sp³-hybridized carbons (Fsp3) is 0.545. The van der Waals surface area contributed by atoms with Crippen molar-refractivity contribution < 1.29 is 14.3 Å². The molecule has 0 aliphatic carbocycles. The maximum Gasteiger partial charge on any atom is 0.303 e. The molecular formula is C11H17NO3. The van der Waals surface area contributed by atoms with E-state index in [0.717, 1.165) is 18.7 Å². The van der Waals surface area contributed by atoms with Gasteiger partial charge in [0.15, 0.2) is 0 Å². The van der Waals surface area contributed by atoms with Gasteiger partial charge in [-0.1, -0.05) is 0 Å². The van der Waals surface area contributed by atoms with Crippen molar-refractivity contribution in [3.05, 3.63) is 24.2 Å². The third-order valence-corrected chi connectivity index (χ3v) is 2.24. The van der Waals surface area contributed by atoms with Gasteiger partial charge in [0.25, 0.3) is 0 Å². The topological polar surface area (TPSA) is 62.5 Å². The molecule has 0 aliphatic heterocycles. The van der Waals surface area contributed by atoms with Crippen molar-refractivity contribution in [3.8, 4) is 0 Å². The molecule has 15 heavy (non-hydrogen) atoms. The molecule has 1 rings (SSSR count). The van der Waals surface area contributed by atoms with Crippen molar-refractivity contribution in [2.75, 3.05) is 6.54 Å². The molecule has 0 bridgehead atoms. The lowest BCUT2D eigenvalue weighted by atomic mass is 10.2. The third kappa shape index (κ3) is 4.65. The Morgan fingerprint density at radius 3 is 3.00 bits per heavy atom. The molecule has 0 fully saturated rings. The second kappa shape index (κ2) is 6.24. The van der Waals surface area contributed by atoms with Gasteiger partial charge >= 0.3 is 5.97 Å². The summed E-state index contributed by atoms with van der Waals surface area (Å²) in [6, 6.07) is 3.97. The average molecular weight is 211 g/mol. The van der Waals surface area contributed by atoms with Crippen LogP contribution in [-0.2, 0) is 4.79 Å². The van der Waals surface area contributed by atoms with Crippen LogP contribution >= 0.6 is 0 Å². The number of unbranched alkanes of at least 4 members (excludes halogenated alkanes) is 1. The van der Waals surface area contributed by atoms with E-state index >= 15 is 0 Å². The number of furan rings is 1. The Balaban J connectivity index is 2.08. The number of aliphatic carboxylic acids is 1. The fourth-order valence-corrected chi connectivity index (χ4v) is 1.36. The lowest BCUT2D eigenvalue weighted by molar-refractivity contribution is -0.137. The first-order valence-corrected chi connectivity index (χ1v) is 5.18. The number of rotatable bonds is 7. The molecule has 0 saturated carbocycles. The summed E-state index contributed by atoms with van der Waals surface area (Å²) >= 11 is 0. The van der Waals surface area contributed by atoms with Crippen LogP contribution < -0.4 is 5.32 Å². The second-order valence-electron chi connectivity index (χ2n) is 3.54. The number of carboxylic acid groups (broad SMARTS) is 1. The van der Waals surface area contributed by atoms with Crippen molar-refractivity contribution in [2.24, 2.45) is 0 Å². The van der Waals surface area contributed by atoms with Gasteiger partial charge in [-0.05, 0) is 38.4 Å². The lowest BCUT2D eigenvalue weighted by Gasteiger charge is -2.10. The van der Waals surface area contributed by atoms with E-state index < -0.39 is 5.97 Å². The van der Waals surface area contributed by atoms with Crippen molar-refractivity contribution in [1.82, 2.24) is 5.32 Å². The van der Waals surface area contributed by atoms with Gasteiger partial charge in [0, 0.05) is 6.42 Å². The van der Waals surface area contributed by atoms with E-state index in [-0.39, 0.29) is 12.5 Å². The molecular weight excluding hydrogens is 194 g/mol. The highest BCUT2D eigenvalue weighted by molar-refractivity contribution is 5.66. The van der Waals surface area contributed by atoms with Crippen LogP contribution in [0.5, 0.6) is 0 Å². The first-order valence-electron chi connectivity index (χ1n) is 5.18. The standard InChI is InChI=1S/C11H17NO3/c1-9(10-5-4-8-15-10)12-7-3-2-6-11(13)14/h4-5,8-9,12H,2-3,6-7H2,1H3,(H,13,14)/t9-/m1/s1. The fourth-order valence-electron chi connectivity index (χ4n) is 1.36. The van der Waals surface area contributed by atoms with Gasteiger partial charge in [0.1, 0.15) is 5.76 Å². The predicted molar refractivity (Wildman–Crippen MR) is 56.6 cm³/mol. The van der Waals surface area contributed by atoms with Crippen LogP contribution in [-0.4, -0.2) is 17.6 Å². The Hall–Kier alpha value is -1.29. The van der Waals surface area contributed by atoms with Crippen LogP contribution in [0.25, 0.3) is 0 Å². The van der Waals surface area contributed by atoms with Gasteiger partial charge in [0.05, 0.1) is 12.3 Å². The smallest absolute Gasteiger partial charge is 0.303 e. The summed E-state index contributed by atoms with van der Waals surface area (Å²) in [6.45, 7) is 2.84. The Kier molecular flexibility index (Phi) is 4.90. The summed E-state index contributed by atoms with van der Waals surface area (Å²) in [5.41, 5.74) is 0. The molecule has 0 aromatic carbocycles. The van der Waals surface area contributed by atoms with Crippen LogP contribution in [0.4, 0.5) is 0 Å². The van der Waals surface area contributed by atoms with Crippen LogP contribution in [0.1, 0.15) is 38.0 Å². The quantitative estimate of drug-likeness (QED) is 0.678. The van der Waals surface area contributed by atoms with E-state index in [1.165, 1.54) is 0 Å². The summed E-state index contributed by atoms with van der Waals surface area (Å²) in [7, 11) is 0. The van der Waals surface area contributed by atoms with Crippen LogP contribution in [0.2, 0.25) is 0 Å². The molecule has 4 heteroatoms. The highest BCUT2D eigenvalue weighted by Gasteiger charge is 2.06. The minimum atomic E-state index is -0.728. The number of hydrogen-bond donors (Lipinski definition) is 2. The monoisotopic (exact) mass is 211 g/mol. The zero-order valence-corrected chi connectivity index (χ0v) is 8.90. The molecule has 0 radical (unpaired) electrons. The summed E-state index contributed by atoms with van der Waals surface area (Å²) < 4.78 is 5.23. The van der Waals surface area contributed by atoms with Crippen LogP contribution in [0, 0.1) is 0 Å². The zero-order chi connectivity index (χ0) is 11.1. The average Bonchev–Trinajstić information content (AvgIpc) is 2.69. The number of hydrogen-bond acceptors (Lipinski definition) is 3. The van der Waals surface area contributed by atoms with E-state index in [2.05, 4.69) is 5.32 Å². The van der Waals surface area contributed by atoms with Gasteiger partial charge in [-0.15, -0.1) is 0 Å². The second-order valence-corrected chi connectivity index (χ2v) is 3.54. The SMILES string of the molecule is C[C@@H](NCCCCC(=O)O)c1ccco1. The number of carboxylic acids is 1. The molecule has 1 heterocycles. The maximum atomic E-state index is 10.2. The summed E-state index contributed by atoms with van der Waals surface area (Å²) in [6.07, 6.45) is 3.49. The Morgan fingerprint density at radius 2 is 2.40 bits per heavy atom. The van der Waals surface area contributed by atoms with Gasteiger partial charge in [-0.2, -0.15) is 0 Å². The summed E-state index contributed by atoms with van der Waals surface area (Å²) in [5.74, 6) is 0.183. The molecule has 0 unspecified atom stereocenters. The van der Waals surface area contributed by atoms with Gasteiger partial charge in [-0.25, -0.2) is 0 Å². The molecule has 4 nitrogen and oxygen atoms in total. The summed E-state index contributed by atoms with van der Waals surface area (Å²) in [4.78, 5) is 10.2. The molecule has 1 aromatic heterocycles. The van der Waals surface area contributed by atoms with Crippen LogP contribution in [0.3, 0.4) is 0 Å². The first kappa shape index (κ1) is 11.8. The largest absolute Gasteiger partial charge is 0.481 e. The molecule has 2 N–H and O–H groups in total. The first-order chi connectivity index (χ1) is 7.20.